The Labute approximate surface area is 97.5 Å². The van der Waals surface area contributed by atoms with E-state index in [9.17, 15) is 18.0 Å². The highest BCUT2D eigenvalue weighted by molar-refractivity contribution is 5.75. The molecule has 1 saturated heterocycles. The van der Waals surface area contributed by atoms with Crippen LogP contribution in [-0.4, -0.2) is 37.1 Å². The van der Waals surface area contributed by atoms with Gasteiger partial charge in [0.15, 0.2) is 5.79 Å². The first-order valence-corrected chi connectivity index (χ1v) is 5.33. The van der Waals surface area contributed by atoms with E-state index in [0.29, 0.717) is 6.61 Å². The van der Waals surface area contributed by atoms with Crippen molar-refractivity contribution < 1.29 is 27.4 Å². The Bertz CT molecular complexity index is 278. The number of amides is 1. The van der Waals surface area contributed by atoms with Gasteiger partial charge in [-0.05, 0) is 13.8 Å². The number of hydrogen-bond donors (Lipinski definition) is 1. The van der Waals surface area contributed by atoms with Gasteiger partial charge in [-0.1, -0.05) is 0 Å². The minimum atomic E-state index is -4.30. The molecule has 7 heteroatoms. The van der Waals surface area contributed by atoms with E-state index in [1.54, 1.807) is 13.8 Å². The van der Waals surface area contributed by atoms with Gasteiger partial charge in [-0.25, -0.2) is 0 Å². The fourth-order valence-corrected chi connectivity index (χ4v) is 1.43. The summed E-state index contributed by atoms with van der Waals surface area (Å²) in [6.45, 7) is 3.96. The van der Waals surface area contributed by atoms with E-state index >= 15 is 0 Å². The molecule has 0 aromatic rings. The van der Waals surface area contributed by atoms with E-state index in [0.717, 1.165) is 0 Å². The molecule has 4 nitrogen and oxygen atoms in total. The Morgan fingerprint density at radius 2 is 2.12 bits per heavy atom. The molecule has 1 fully saturated rings. The number of hydrogen-bond acceptors (Lipinski definition) is 3. The van der Waals surface area contributed by atoms with Crippen molar-refractivity contribution in [3.63, 3.8) is 0 Å². The van der Waals surface area contributed by atoms with Gasteiger partial charge in [-0.2, -0.15) is 13.2 Å². The zero-order valence-corrected chi connectivity index (χ0v) is 9.76. The third-order valence-electron chi connectivity index (χ3n) is 2.23. The van der Waals surface area contributed by atoms with Crippen LogP contribution in [0.25, 0.3) is 0 Å². The molecular formula is C10H16F3NO3. The molecular weight excluding hydrogens is 239 g/mol. The van der Waals surface area contributed by atoms with E-state index in [1.807, 2.05) is 0 Å². The second-order valence-corrected chi connectivity index (χ2v) is 4.37. The molecule has 1 aliphatic rings. The van der Waals surface area contributed by atoms with E-state index in [2.05, 4.69) is 5.32 Å². The summed E-state index contributed by atoms with van der Waals surface area (Å²) in [5.74, 6) is -1.32. The van der Waals surface area contributed by atoms with Gasteiger partial charge in [0.2, 0.25) is 5.91 Å². The molecule has 1 amide bonds. The lowest BCUT2D eigenvalue weighted by Gasteiger charge is -2.17. The molecule has 1 N–H and O–H groups in total. The fraction of sp³-hybridized carbons (Fsp3) is 0.900. The first-order valence-electron chi connectivity index (χ1n) is 5.33. The Balaban J connectivity index is 2.17. The zero-order valence-electron chi connectivity index (χ0n) is 9.76. The van der Waals surface area contributed by atoms with Gasteiger partial charge in [0, 0.05) is 13.0 Å². The maximum atomic E-state index is 11.8. The Morgan fingerprint density at radius 3 is 2.59 bits per heavy atom. The second-order valence-electron chi connectivity index (χ2n) is 4.37. The maximum Gasteiger partial charge on any atom is 0.389 e. The molecule has 0 aromatic heterocycles. The predicted octanol–water partition coefficient (Wildman–Crippen LogP) is 1.60. The lowest BCUT2D eigenvalue weighted by atomic mass is 10.3. The van der Waals surface area contributed by atoms with Gasteiger partial charge in [0.05, 0.1) is 13.0 Å². The van der Waals surface area contributed by atoms with Gasteiger partial charge < -0.3 is 14.8 Å². The largest absolute Gasteiger partial charge is 0.389 e. The highest BCUT2D eigenvalue weighted by Gasteiger charge is 2.33. The lowest BCUT2D eigenvalue weighted by Crippen LogP contribution is -2.34. The van der Waals surface area contributed by atoms with Crippen molar-refractivity contribution in [2.24, 2.45) is 0 Å². The van der Waals surface area contributed by atoms with Crippen molar-refractivity contribution in [3.8, 4) is 0 Å². The summed E-state index contributed by atoms with van der Waals surface area (Å²) >= 11 is 0. The molecule has 0 aliphatic carbocycles. The van der Waals surface area contributed by atoms with Crippen LogP contribution in [0.1, 0.15) is 26.7 Å². The van der Waals surface area contributed by atoms with Gasteiger partial charge in [0.25, 0.3) is 0 Å². The summed E-state index contributed by atoms with van der Waals surface area (Å²) in [6.07, 6.45) is -6.26. The van der Waals surface area contributed by atoms with Crippen molar-refractivity contribution in [1.82, 2.24) is 5.32 Å². The molecule has 1 aliphatic heterocycles. The van der Waals surface area contributed by atoms with Crippen LogP contribution >= 0.6 is 0 Å². The quantitative estimate of drug-likeness (QED) is 0.830. The first-order chi connectivity index (χ1) is 7.68. The van der Waals surface area contributed by atoms with Crippen molar-refractivity contribution in [3.05, 3.63) is 0 Å². The summed E-state index contributed by atoms with van der Waals surface area (Å²) in [7, 11) is 0. The van der Waals surface area contributed by atoms with Gasteiger partial charge >= 0.3 is 6.18 Å². The fourth-order valence-electron chi connectivity index (χ4n) is 1.43. The van der Waals surface area contributed by atoms with Crippen molar-refractivity contribution in [2.45, 2.75) is 44.8 Å². The van der Waals surface area contributed by atoms with E-state index < -0.39 is 30.7 Å². The highest BCUT2D eigenvalue weighted by atomic mass is 19.4. The standard InChI is InChI=1S/C10H16F3NO3/c1-9(2)16-6-7(17-9)5-14-8(15)3-4-10(11,12)13/h7H,3-6H2,1-2H3,(H,14,15). The summed E-state index contributed by atoms with van der Waals surface area (Å²) in [6, 6.07) is 0. The normalized spacial score (nSPS) is 23.7. The maximum absolute atomic E-state index is 11.8. The number of halogens is 3. The van der Waals surface area contributed by atoms with E-state index in [-0.39, 0.29) is 12.6 Å². The topological polar surface area (TPSA) is 47.6 Å². The van der Waals surface area contributed by atoms with Gasteiger partial charge in [0.1, 0.15) is 6.10 Å². The first kappa shape index (κ1) is 14.2. The number of ether oxygens (including phenoxy) is 2. The summed E-state index contributed by atoms with van der Waals surface area (Å²) in [5, 5.41) is 2.39. The number of alkyl halides is 3. The van der Waals surface area contributed by atoms with Crippen LogP contribution in [-0.2, 0) is 14.3 Å². The van der Waals surface area contributed by atoms with Crippen molar-refractivity contribution in [1.29, 1.82) is 0 Å². The number of nitrogens with one attached hydrogen (secondary N) is 1. The molecule has 0 bridgehead atoms. The number of carbonyl (C=O) groups excluding carboxylic acids is 1. The molecule has 0 spiro atoms. The van der Waals surface area contributed by atoms with Gasteiger partial charge in [-0.15, -0.1) is 0 Å². The van der Waals surface area contributed by atoms with Crippen molar-refractivity contribution >= 4 is 5.91 Å². The third kappa shape index (κ3) is 5.88. The average molecular weight is 255 g/mol. The van der Waals surface area contributed by atoms with Crippen LogP contribution in [0.5, 0.6) is 0 Å². The smallest absolute Gasteiger partial charge is 0.353 e. The summed E-state index contributed by atoms with van der Waals surface area (Å²) in [4.78, 5) is 11.1. The summed E-state index contributed by atoms with van der Waals surface area (Å²) in [5.41, 5.74) is 0. The van der Waals surface area contributed by atoms with Crippen LogP contribution in [0.3, 0.4) is 0 Å². The summed E-state index contributed by atoms with van der Waals surface area (Å²) < 4.78 is 46.1. The van der Waals surface area contributed by atoms with E-state index in [1.165, 1.54) is 0 Å². The molecule has 0 saturated carbocycles. The molecule has 0 aromatic carbocycles. The number of rotatable bonds is 4. The molecule has 1 atom stereocenters. The minimum absolute atomic E-state index is 0.167. The number of carbonyl (C=O) groups is 1. The molecule has 100 valence electrons. The highest BCUT2D eigenvalue weighted by Crippen LogP contribution is 2.22. The average Bonchev–Trinajstić information content (AvgIpc) is 2.51. The van der Waals surface area contributed by atoms with Crippen LogP contribution in [0.15, 0.2) is 0 Å². The molecule has 1 unspecified atom stereocenters. The van der Waals surface area contributed by atoms with Crippen molar-refractivity contribution in [2.75, 3.05) is 13.2 Å². The van der Waals surface area contributed by atoms with Gasteiger partial charge in [-0.3, -0.25) is 4.79 Å². The molecule has 1 rings (SSSR count). The monoisotopic (exact) mass is 255 g/mol. The molecule has 0 radical (unpaired) electrons. The lowest BCUT2D eigenvalue weighted by molar-refractivity contribution is -0.145. The second kappa shape index (κ2) is 5.22. The molecule has 17 heavy (non-hydrogen) atoms. The van der Waals surface area contributed by atoms with Crippen LogP contribution in [0.4, 0.5) is 13.2 Å². The predicted molar refractivity (Wildman–Crippen MR) is 53.2 cm³/mol. The zero-order chi connectivity index (χ0) is 13.1. The van der Waals surface area contributed by atoms with Crippen LogP contribution < -0.4 is 5.32 Å². The Morgan fingerprint density at radius 1 is 1.47 bits per heavy atom. The van der Waals surface area contributed by atoms with Crippen LogP contribution in [0, 0.1) is 0 Å². The Kier molecular flexibility index (Phi) is 4.37. The SMILES string of the molecule is CC1(C)OCC(CNC(=O)CCC(F)(F)F)O1. The van der Waals surface area contributed by atoms with Crippen LogP contribution in [0.2, 0.25) is 0 Å². The Hall–Kier alpha value is -0.820. The minimum Gasteiger partial charge on any atom is -0.353 e. The third-order valence-corrected chi connectivity index (χ3v) is 2.23. The molecule has 1 heterocycles. The van der Waals surface area contributed by atoms with E-state index in [4.69, 9.17) is 9.47 Å².